The van der Waals surface area contributed by atoms with Crippen molar-refractivity contribution in [2.24, 2.45) is 0 Å². The summed E-state index contributed by atoms with van der Waals surface area (Å²) in [5.41, 5.74) is -0.00854. The summed E-state index contributed by atoms with van der Waals surface area (Å²) in [5.74, 6) is -0.528. The highest BCUT2D eigenvalue weighted by Gasteiger charge is 2.13. The number of aliphatic hydroxyl groups excluding tert-OH is 1. The zero-order chi connectivity index (χ0) is 13.5. The number of rotatable bonds is 7. The van der Waals surface area contributed by atoms with E-state index >= 15 is 0 Å². The standard InChI is InChI=1S/C11H16FN3O3/c1-8(16)7-13-4-5-14-10-6-9(12)2-3-11(10)15(17)18/h2-3,6,8,13-14,16H,4-5,7H2,1H3. The van der Waals surface area contributed by atoms with E-state index in [2.05, 4.69) is 10.6 Å². The molecule has 0 aliphatic rings. The quantitative estimate of drug-likeness (QED) is 0.387. The van der Waals surface area contributed by atoms with Crippen LogP contribution in [-0.2, 0) is 0 Å². The van der Waals surface area contributed by atoms with E-state index in [1.165, 1.54) is 0 Å². The lowest BCUT2D eigenvalue weighted by atomic mass is 10.2. The molecule has 3 N–H and O–H groups in total. The zero-order valence-corrected chi connectivity index (χ0v) is 10.0. The first-order valence-corrected chi connectivity index (χ1v) is 5.57. The number of hydrogen-bond donors (Lipinski definition) is 3. The van der Waals surface area contributed by atoms with E-state index in [1.54, 1.807) is 6.92 Å². The van der Waals surface area contributed by atoms with Gasteiger partial charge >= 0.3 is 0 Å². The Morgan fingerprint density at radius 3 is 2.83 bits per heavy atom. The number of halogens is 1. The molecule has 1 aromatic rings. The number of anilines is 1. The van der Waals surface area contributed by atoms with E-state index in [0.29, 0.717) is 19.6 Å². The molecule has 0 heterocycles. The minimum absolute atomic E-state index is 0.152. The normalized spacial score (nSPS) is 12.2. The molecule has 0 aliphatic carbocycles. The van der Waals surface area contributed by atoms with Crippen molar-refractivity contribution in [2.45, 2.75) is 13.0 Å². The molecule has 7 heteroatoms. The molecule has 18 heavy (non-hydrogen) atoms. The van der Waals surface area contributed by atoms with Crippen molar-refractivity contribution in [3.63, 3.8) is 0 Å². The Kier molecular flexibility index (Phi) is 5.47. The Labute approximate surface area is 104 Å². The third-order valence-electron chi connectivity index (χ3n) is 2.21. The van der Waals surface area contributed by atoms with E-state index < -0.39 is 16.8 Å². The summed E-state index contributed by atoms with van der Waals surface area (Å²) in [7, 11) is 0. The molecule has 1 atom stereocenters. The van der Waals surface area contributed by atoms with Crippen LogP contribution in [-0.4, -0.2) is 35.8 Å². The van der Waals surface area contributed by atoms with Crippen molar-refractivity contribution in [1.82, 2.24) is 5.32 Å². The minimum Gasteiger partial charge on any atom is -0.392 e. The molecule has 6 nitrogen and oxygen atoms in total. The summed E-state index contributed by atoms with van der Waals surface area (Å²) in [4.78, 5) is 10.1. The monoisotopic (exact) mass is 257 g/mol. The summed E-state index contributed by atoms with van der Waals surface area (Å²) in [5, 5.41) is 25.4. The van der Waals surface area contributed by atoms with Crippen molar-refractivity contribution in [3.05, 3.63) is 34.1 Å². The fourth-order valence-corrected chi connectivity index (χ4v) is 1.41. The number of aliphatic hydroxyl groups is 1. The van der Waals surface area contributed by atoms with Gasteiger partial charge in [-0.1, -0.05) is 0 Å². The van der Waals surface area contributed by atoms with Gasteiger partial charge in [-0.05, 0) is 13.0 Å². The largest absolute Gasteiger partial charge is 0.392 e. The maximum Gasteiger partial charge on any atom is 0.292 e. The third kappa shape index (κ3) is 4.64. The zero-order valence-electron chi connectivity index (χ0n) is 10.0. The molecule has 0 aromatic heterocycles. The highest BCUT2D eigenvalue weighted by atomic mass is 19.1. The smallest absolute Gasteiger partial charge is 0.292 e. The van der Waals surface area contributed by atoms with Gasteiger partial charge < -0.3 is 15.7 Å². The van der Waals surface area contributed by atoms with Crippen LogP contribution in [0, 0.1) is 15.9 Å². The SMILES string of the molecule is CC(O)CNCCNc1cc(F)ccc1[N+](=O)[O-]. The number of hydrogen-bond acceptors (Lipinski definition) is 5. The topological polar surface area (TPSA) is 87.4 Å². The highest BCUT2D eigenvalue weighted by molar-refractivity contribution is 5.61. The molecule has 0 amide bonds. The molecule has 1 aromatic carbocycles. The van der Waals surface area contributed by atoms with Gasteiger partial charge in [-0.3, -0.25) is 10.1 Å². The van der Waals surface area contributed by atoms with Crippen LogP contribution in [0.2, 0.25) is 0 Å². The van der Waals surface area contributed by atoms with Crippen LogP contribution in [0.5, 0.6) is 0 Å². The van der Waals surface area contributed by atoms with Crippen LogP contribution in [0.15, 0.2) is 18.2 Å². The summed E-state index contributed by atoms with van der Waals surface area (Å²) >= 11 is 0. The Morgan fingerprint density at radius 1 is 1.50 bits per heavy atom. The van der Waals surface area contributed by atoms with E-state index in [0.717, 1.165) is 18.2 Å². The van der Waals surface area contributed by atoms with Crippen LogP contribution >= 0.6 is 0 Å². The first kappa shape index (κ1) is 14.3. The van der Waals surface area contributed by atoms with Crippen molar-refractivity contribution in [2.75, 3.05) is 25.0 Å². The van der Waals surface area contributed by atoms with Gasteiger partial charge in [-0.25, -0.2) is 4.39 Å². The third-order valence-corrected chi connectivity index (χ3v) is 2.21. The summed E-state index contributed by atoms with van der Waals surface area (Å²) < 4.78 is 13.0. The number of nitrogens with one attached hydrogen (secondary N) is 2. The van der Waals surface area contributed by atoms with Crippen LogP contribution < -0.4 is 10.6 Å². The van der Waals surface area contributed by atoms with E-state index in [-0.39, 0.29) is 11.4 Å². The van der Waals surface area contributed by atoms with Crippen molar-refractivity contribution in [3.8, 4) is 0 Å². The second-order valence-corrected chi connectivity index (χ2v) is 3.90. The van der Waals surface area contributed by atoms with Crippen molar-refractivity contribution in [1.29, 1.82) is 0 Å². The molecule has 1 rings (SSSR count). The van der Waals surface area contributed by atoms with Gasteiger partial charge in [0.15, 0.2) is 0 Å². The summed E-state index contributed by atoms with van der Waals surface area (Å²) in [6.07, 6.45) is -0.450. The lowest BCUT2D eigenvalue weighted by Crippen LogP contribution is -2.29. The fraction of sp³-hybridized carbons (Fsp3) is 0.455. The minimum atomic E-state index is -0.564. The van der Waals surface area contributed by atoms with Gasteiger partial charge in [0.05, 0.1) is 11.0 Å². The van der Waals surface area contributed by atoms with Gasteiger partial charge in [0.1, 0.15) is 11.5 Å². The van der Waals surface area contributed by atoms with Crippen molar-refractivity contribution < 1.29 is 14.4 Å². The summed E-state index contributed by atoms with van der Waals surface area (Å²) in [6.45, 7) is 3.00. The van der Waals surface area contributed by atoms with Crippen molar-refractivity contribution >= 4 is 11.4 Å². The number of nitro benzene ring substituents is 1. The maximum atomic E-state index is 13.0. The first-order valence-electron chi connectivity index (χ1n) is 5.57. The lowest BCUT2D eigenvalue weighted by molar-refractivity contribution is -0.384. The molecule has 0 saturated carbocycles. The predicted molar refractivity (Wildman–Crippen MR) is 66.1 cm³/mol. The van der Waals surface area contributed by atoms with Gasteiger partial charge in [0.2, 0.25) is 0 Å². The maximum absolute atomic E-state index is 13.0. The lowest BCUT2D eigenvalue weighted by Gasteiger charge is -2.09. The average Bonchev–Trinajstić information content (AvgIpc) is 2.27. The molecule has 0 fully saturated rings. The predicted octanol–water partition coefficient (Wildman–Crippen LogP) is 1.12. The molecule has 100 valence electrons. The van der Waals surface area contributed by atoms with Crippen LogP contribution in [0.25, 0.3) is 0 Å². The molecular formula is C11H16FN3O3. The first-order chi connectivity index (χ1) is 8.50. The Hall–Kier alpha value is -1.73. The second-order valence-electron chi connectivity index (χ2n) is 3.90. The molecule has 0 spiro atoms. The number of nitrogens with zero attached hydrogens (tertiary/aromatic N) is 1. The van der Waals surface area contributed by atoms with Gasteiger partial charge in [-0.2, -0.15) is 0 Å². The van der Waals surface area contributed by atoms with E-state index in [9.17, 15) is 14.5 Å². The van der Waals surface area contributed by atoms with Crippen LogP contribution in [0.4, 0.5) is 15.8 Å². The average molecular weight is 257 g/mol. The van der Waals surface area contributed by atoms with E-state index in [1.807, 2.05) is 0 Å². The number of benzene rings is 1. The Morgan fingerprint density at radius 2 is 2.22 bits per heavy atom. The fourth-order valence-electron chi connectivity index (χ4n) is 1.41. The Balaban J connectivity index is 2.50. The molecule has 0 saturated heterocycles. The molecule has 1 unspecified atom stereocenters. The number of nitro groups is 1. The van der Waals surface area contributed by atoms with Gasteiger partial charge in [0, 0.05) is 31.8 Å². The van der Waals surface area contributed by atoms with Gasteiger partial charge in [-0.15, -0.1) is 0 Å². The van der Waals surface area contributed by atoms with Gasteiger partial charge in [0.25, 0.3) is 5.69 Å². The highest BCUT2D eigenvalue weighted by Crippen LogP contribution is 2.24. The Bertz CT molecular complexity index is 413. The molecule has 0 radical (unpaired) electrons. The molecular weight excluding hydrogens is 241 g/mol. The van der Waals surface area contributed by atoms with Crippen LogP contribution in [0.3, 0.4) is 0 Å². The van der Waals surface area contributed by atoms with Crippen LogP contribution in [0.1, 0.15) is 6.92 Å². The van der Waals surface area contributed by atoms with E-state index in [4.69, 9.17) is 5.11 Å². The molecule has 0 aliphatic heterocycles. The molecule has 0 bridgehead atoms. The second kappa shape index (κ2) is 6.87. The summed E-state index contributed by atoms with van der Waals surface area (Å²) in [6, 6.07) is 3.27.